The van der Waals surface area contributed by atoms with Crippen molar-refractivity contribution in [2.45, 2.75) is 37.6 Å². The van der Waals surface area contributed by atoms with Crippen LogP contribution in [0.2, 0.25) is 0 Å². The van der Waals surface area contributed by atoms with Crippen molar-refractivity contribution < 1.29 is 22.4 Å². The summed E-state index contributed by atoms with van der Waals surface area (Å²) in [4.78, 5) is 11.9. The maximum absolute atomic E-state index is 13.8. The zero-order valence-electron chi connectivity index (χ0n) is 11.0. The summed E-state index contributed by atoms with van der Waals surface area (Å²) in [5.74, 6) is -1.09. The first-order valence-corrected chi connectivity index (χ1v) is 6.74. The fraction of sp³-hybridized carbons (Fsp3) is 0.500. The maximum Gasteiger partial charge on any atom is 0.419 e. The number of fused-ring (bicyclic) bond motifs is 1. The van der Waals surface area contributed by atoms with E-state index in [0.717, 1.165) is 18.9 Å². The zero-order chi connectivity index (χ0) is 15.2. The van der Waals surface area contributed by atoms with Crippen LogP contribution in [0.25, 0.3) is 0 Å². The second-order valence-corrected chi connectivity index (χ2v) is 5.55. The Morgan fingerprint density at radius 3 is 2.71 bits per heavy atom. The van der Waals surface area contributed by atoms with Crippen LogP contribution in [0, 0.1) is 11.7 Å². The third-order valence-corrected chi connectivity index (χ3v) is 4.03. The summed E-state index contributed by atoms with van der Waals surface area (Å²) in [5, 5.41) is 5.62. The van der Waals surface area contributed by atoms with Crippen molar-refractivity contribution in [3.8, 4) is 0 Å². The number of hydrogen-bond acceptors (Lipinski definition) is 2. The van der Waals surface area contributed by atoms with Gasteiger partial charge in [0.05, 0.1) is 11.6 Å². The first-order valence-electron chi connectivity index (χ1n) is 6.74. The highest BCUT2D eigenvalue weighted by molar-refractivity contribution is 5.82. The number of piperidine rings is 1. The van der Waals surface area contributed by atoms with Crippen LogP contribution in [0.3, 0.4) is 0 Å². The fourth-order valence-corrected chi connectivity index (χ4v) is 2.76. The van der Waals surface area contributed by atoms with E-state index in [1.165, 1.54) is 6.07 Å². The summed E-state index contributed by atoms with van der Waals surface area (Å²) in [7, 11) is 0. The molecule has 3 atom stereocenters. The van der Waals surface area contributed by atoms with Crippen molar-refractivity contribution in [1.82, 2.24) is 10.6 Å². The van der Waals surface area contributed by atoms with Gasteiger partial charge in [-0.05, 0) is 24.8 Å². The molecule has 2 fully saturated rings. The van der Waals surface area contributed by atoms with Gasteiger partial charge in [-0.3, -0.25) is 4.79 Å². The molecule has 2 aliphatic rings. The van der Waals surface area contributed by atoms with Gasteiger partial charge in [0, 0.05) is 18.2 Å². The van der Waals surface area contributed by atoms with Crippen molar-refractivity contribution in [2.24, 2.45) is 5.92 Å². The summed E-state index contributed by atoms with van der Waals surface area (Å²) in [6.45, 7) is -0.248. The first kappa shape index (κ1) is 14.3. The van der Waals surface area contributed by atoms with Crippen molar-refractivity contribution in [2.75, 3.05) is 0 Å². The second-order valence-electron chi connectivity index (χ2n) is 5.55. The molecule has 1 aliphatic carbocycles. The van der Waals surface area contributed by atoms with E-state index in [1.54, 1.807) is 0 Å². The summed E-state index contributed by atoms with van der Waals surface area (Å²) in [5.41, 5.74) is -1.48. The third-order valence-electron chi connectivity index (χ3n) is 4.03. The van der Waals surface area contributed by atoms with E-state index < -0.39 is 17.6 Å². The van der Waals surface area contributed by atoms with Crippen LogP contribution < -0.4 is 10.6 Å². The van der Waals surface area contributed by atoms with Crippen LogP contribution in [0.5, 0.6) is 0 Å². The van der Waals surface area contributed by atoms with E-state index in [-0.39, 0.29) is 24.1 Å². The highest BCUT2D eigenvalue weighted by Gasteiger charge is 2.47. The Morgan fingerprint density at radius 1 is 1.33 bits per heavy atom. The molecule has 0 spiro atoms. The molecular formula is C14H14F4N2O. The zero-order valence-corrected chi connectivity index (χ0v) is 11.0. The average molecular weight is 302 g/mol. The normalized spacial score (nSPS) is 27.3. The average Bonchev–Trinajstić information content (AvgIpc) is 3.02. The predicted octanol–water partition coefficient (Wildman–Crippen LogP) is 2.21. The van der Waals surface area contributed by atoms with Gasteiger partial charge in [0.1, 0.15) is 5.82 Å². The molecule has 1 unspecified atom stereocenters. The smallest absolute Gasteiger partial charge is 0.351 e. The van der Waals surface area contributed by atoms with Crippen LogP contribution in [-0.4, -0.2) is 18.0 Å². The van der Waals surface area contributed by atoms with Crippen LogP contribution in [0.1, 0.15) is 24.0 Å². The molecule has 3 nitrogen and oxygen atoms in total. The van der Waals surface area contributed by atoms with E-state index in [2.05, 4.69) is 10.6 Å². The number of carbonyl (C=O) groups excluding carboxylic acids is 1. The van der Waals surface area contributed by atoms with E-state index in [4.69, 9.17) is 0 Å². The third kappa shape index (κ3) is 2.88. The number of halogens is 4. The van der Waals surface area contributed by atoms with E-state index in [1.807, 2.05) is 0 Å². The molecule has 3 rings (SSSR count). The van der Waals surface area contributed by atoms with Gasteiger partial charge in [0.15, 0.2) is 0 Å². The Balaban J connectivity index is 1.64. The first-order chi connectivity index (χ1) is 9.86. The quantitative estimate of drug-likeness (QED) is 0.841. The maximum atomic E-state index is 13.8. The number of amides is 1. The lowest BCUT2D eigenvalue weighted by Gasteiger charge is -2.15. The van der Waals surface area contributed by atoms with Crippen LogP contribution in [0.15, 0.2) is 18.2 Å². The van der Waals surface area contributed by atoms with E-state index in [9.17, 15) is 22.4 Å². The number of nitrogens with one attached hydrogen (secondary N) is 2. The van der Waals surface area contributed by atoms with Crippen molar-refractivity contribution in [3.63, 3.8) is 0 Å². The molecule has 7 heteroatoms. The van der Waals surface area contributed by atoms with Crippen LogP contribution in [-0.2, 0) is 17.5 Å². The summed E-state index contributed by atoms with van der Waals surface area (Å²) in [6, 6.07) is 3.14. The number of carbonyl (C=O) groups is 1. The Hall–Kier alpha value is -1.63. The van der Waals surface area contributed by atoms with Gasteiger partial charge in [-0.2, -0.15) is 13.2 Å². The molecule has 1 saturated heterocycles. The number of rotatable bonds is 3. The second kappa shape index (κ2) is 4.98. The minimum Gasteiger partial charge on any atom is -0.351 e. The van der Waals surface area contributed by atoms with E-state index in [0.29, 0.717) is 18.0 Å². The Morgan fingerprint density at radius 2 is 2.10 bits per heavy atom. The summed E-state index contributed by atoms with van der Waals surface area (Å²) in [6.07, 6.45) is -2.92. The largest absolute Gasteiger partial charge is 0.419 e. The SMILES string of the molecule is O=C(NCc1cccc(C(F)(F)F)c1F)[C@@H]1CC2C[C@H]2N1. The molecule has 0 bridgehead atoms. The number of hydrogen-bond donors (Lipinski definition) is 2. The molecule has 21 heavy (non-hydrogen) atoms. The minimum atomic E-state index is -4.74. The molecular weight excluding hydrogens is 288 g/mol. The lowest BCUT2D eigenvalue weighted by molar-refractivity contribution is -0.140. The van der Waals surface area contributed by atoms with Gasteiger partial charge in [-0.15, -0.1) is 0 Å². The van der Waals surface area contributed by atoms with Gasteiger partial charge in [-0.25, -0.2) is 4.39 Å². The van der Waals surface area contributed by atoms with Crippen LogP contribution in [0.4, 0.5) is 17.6 Å². The van der Waals surface area contributed by atoms with Gasteiger partial charge < -0.3 is 10.6 Å². The van der Waals surface area contributed by atoms with Crippen LogP contribution >= 0.6 is 0 Å². The molecule has 1 saturated carbocycles. The molecule has 114 valence electrons. The van der Waals surface area contributed by atoms with Gasteiger partial charge in [0.25, 0.3) is 0 Å². The topological polar surface area (TPSA) is 41.1 Å². The molecule has 0 aromatic heterocycles. The van der Waals surface area contributed by atoms with E-state index >= 15 is 0 Å². The molecule has 0 radical (unpaired) electrons. The van der Waals surface area contributed by atoms with Gasteiger partial charge in [0.2, 0.25) is 5.91 Å². The number of alkyl halides is 3. The Kier molecular flexibility index (Phi) is 3.39. The summed E-state index contributed by atoms with van der Waals surface area (Å²) < 4.78 is 51.5. The van der Waals surface area contributed by atoms with Gasteiger partial charge in [-0.1, -0.05) is 12.1 Å². The molecule has 1 aromatic rings. The van der Waals surface area contributed by atoms with Gasteiger partial charge >= 0.3 is 6.18 Å². The predicted molar refractivity (Wildman–Crippen MR) is 66.7 cm³/mol. The standard InChI is InChI=1S/C14H14F4N2O/c15-12-7(2-1-3-9(12)14(16,17)18)6-19-13(21)11-5-8-4-10(8)20-11/h1-3,8,10-11,20H,4-6H2,(H,19,21)/t8?,10-,11+/m1/s1. The molecule has 1 amide bonds. The molecule has 2 N–H and O–H groups in total. The van der Waals surface area contributed by atoms with Crippen molar-refractivity contribution >= 4 is 5.91 Å². The Bertz CT molecular complexity index is 563. The number of benzene rings is 1. The van der Waals surface area contributed by atoms with Crippen molar-refractivity contribution in [1.29, 1.82) is 0 Å². The molecule has 1 heterocycles. The lowest BCUT2D eigenvalue weighted by Crippen LogP contribution is -2.42. The fourth-order valence-electron chi connectivity index (χ4n) is 2.76. The highest BCUT2D eigenvalue weighted by Crippen LogP contribution is 2.40. The lowest BCUT2D eigenvalue weighted by atomic mass is 10.1. The Labute approximate surface area is 118 Å². The van der Waals surface area contributed by atoms with Crippen molar-refractivity contribution in [3.05, 3.63) is 35.1 Å². The monoisotopic (exact) mass is 302 g/mol. The molecule has 1 aliphatic heterocycles. The highest BCUT2D eigenvalue weighted by atomic mass is 19.4. The minimum absolute atomic E-state index is 0.165. The summed E-state index contributed by atoms with van der Waals surface area (Å²) >= 11 is 0. The molecule has 1 aromatic carbocycles.